The lowest BCUT2D eigenvalue weighted by atomic mass is 10.2. The van der Waals surface area contributed by atoms with Crippen LogP contribution in [-0.2, 0) is 23.6 Å². The average molecular weight is 452 g/mol. The van der Waals surface area contributed by atoms with Gasteiger partial charge >= 0.3 is 0 Å². The monoisotopic (exact) mass is 451 g/mol. The molecule has 3 aromatic rings. The van der Waals surface area contributed by atoms with Crippen molar-refractivity contribution in [3.8, 4) is 12.3 Å². The minimum atomic E-state index is -3.65. The summed E-state index contributed by atoms with van der Waals surface area (Å²) in [6.45, 7) is 1.19. The maximum Gasteiger partial charge on any atom is 0.275 e. The van der Waals surface area contributed by atoms with Gasteiger partial charge in [0.25, 0.3) is 5.91 Å². The van der Waals surface area contributed by atoms with Crippen molar-refractivity contribution in [1.29, 1.82) is 0 Å². The van der Waals surface area contributed by atoms with Crippen molar-refractivity contribution in [3.63, 3.8) is 0 Å². The normalized spacial score (nSPS) is 14.8. The molecule has 1 amide bonds. The lowest BCUT2D eigenvalue weighted by molar-refractivity contribution is 0.0975. The SMILES string of the molecule is C#Cc1cccc(N(Cc2ccco2)C(=O)c2cc(S(=O)(=O)N3CCCCC3)cn2C)c1. The fourth-order valence-electron chi connectivity index (χ4n) is 3.88. The molecule has 3 heterocycles. The Kier molecular flexibility index (Phi) is 6.21. The number of hydrogen-bond acceptors (Lipinski definition) is 4. The van der Waals surface area contributed by atoms with Crippen LogP contribution in [0.2, 0.25) is 0 Å². The molecule has 0 atom stereocenters. The molecule has 32 heavy (non-hydrogen) atoms. The number of benzene rings is 1. The first-order valence-corrected chi connectivity index (χ1v) is 11.9. The number of furan rings is 1. The van der Waals surface area contributed by atoms with E-state index in [0.29, 0.717) is 30.1 Å². The van der Waals surface area contributed by atoms with Crippen LogP contribution in [0, 0.1) is 12.3 Å². The number of aryl methyl sites for hydroxylation is 1. The Morgan fingerprint density at radius 2 is 1.94 bits per heavy atom. The van der Waals surface area contributed by atoms with Crippen molar-refractivity contribution >= 4 is 21.6 Å². The molecule has 0 radical (unpaired) electrons. The standard InChI is InChI=1S/C24H25N3O4S/c1-3-19-9-7-10-20(15-19)27(17-21-11-8-14-31-21)24(28)23-16-22(18-25(23)2)32(29,30)26-12-5-4-6-13-26/h1,7-11,14-16,18H,4-6,12-13,17H2,2H3. The second-order valence-corrected chi connectivity index (χ2v) is 9.74. The highest BCUT2D eigenvalue weighted by molar-refractivity contribution is 7.89. The smallest absolute Gasteiger partial charge is 0.275 e. The third kappa shape index (κ3) is 4.35. The number of rotatable bonds is 6. The zero-order chi connectivity index (χ0) is 22.7. The van der Waals surface area contributed by atoms with Crippen LogP contribution in [0.15, 0.2) is 64.2 Å². The predicted octanol–water partition coefficient (Wildman–Crippen LogP) is 3.62. The van der Waals surface area contributed by atoms with Crippen molar-refractivity contribution in [2.75, 3.05) is 18.0 Å². The van der Waals surface area contributed by atoms with Crippen molar-refractivity contribution < 1.29 is 17.6 Å². The molecule has 0 N–H and O–H groups in total. The lowest BCUT2D eigenvalue weighted by Gasteiger charge is -2.25. The molecule has 7 nitrogen and oxygen atoms in total. The molecule has 0 spiro atoms. The maximum absolute atomic E-state index is 13.6. The van der Waals surface area contributed by atoms with E-state index in [1.807, 2.05) is 0 Å². The minimum Gasteiger partial charge on any atom is -0.467 e. The van der Waals surface area contributed by atoms with Gasteiger partial charge in [0.15, 0.2) is 0 Å². The number of amides is 1. The van der Waals surface area contributed by atoms with E-state index in [2.05, 4.69) is 5.92 Å². The Hall–Kier alpha value is -3.28. The van der Waals surface area contributed by atoms with Crippen LogP contribution in [0.1, 0.15) is 41.1 Å². The number of nitrogens with zero attached hydrogens (tertiary/aromatic N) is 3. The number of aromatic nitrogens is 1. The first-order valence-electron chi connectivity index (χ1n) is 10.5. The topological polar surface area (TPSA) is 75.8 Å². The molecule has 4 rings (SSSR count). The quantitative estimate of drug-likeness (QED) is 0.537. The van der Waals surface area contributed by atoms with Gasteiger partial charge in [-0.15, -0.1) is 6.42 Å². The maximum atomic E-state index is 13.6. The van der Waals surface area contributed by atoms with E-state index in [1.54, 1.807) is 54.3 Å². The van der Waals surface area contributed by atoms with Crippen molar-refractivity contribution in [2.45, 2.75) is 30.7 Å². The summed E-state index contributed by atoms with van der Waals surface area (Å²) >= 11 is 0. The molecule has 0 saturated carbocycles. The minimum absolute atomic E-state index is 0.126. The van der Waals surface area contributed by atoms with E-state index < -0.39 is 10.0 Å². The predicted molar refractivity (Wildman–Crippen MR) is 122 cm³/mol. The fraction of sp³-hybridized carbons (Fsp3) is 0.292. The van der Waals surface area contributed by atoms with Gasteiger partial charge in [0.1, 0.15) is 16.3 Å². The number of sulfonamides is 1. The molecule has 1 fully saturated rings. The molecule has 0 unspecified atom stereocenters. The van der Waals surface area contributed by atoms with E-state index in [1.165, 1.54) is 21.5 Å². The third-order valence-corrected chi connectivity index (χ3v) is 7.48. The van der Waals surface area contributed by atoms with Crippen molar-refractivity contribution in [1.82, 2.24) is 8.87 Å². The molecule has 1 aliphatic heterocycles. The summed E-state index contributed by atoms with van der Waals surface area (Å²) < 4.78 is 34.7. The second-order valence-electron chi connectivity index (χ2n) is 7.80. The number of piperidine rings is 1. The van der Waals surface area contributed by atoms with Gasteiger partial charge in [-0.3, -0.25) is 9.69 Å². The average Bonchev–Trinajstić information content (AvgIpc) is 3.47. The van der Waals surface area contributed by atoms with Crippen LogP contribution >= 0.6 is 0 Å². The molecular formula is C24H25N3O4S. The van der Waals surface area contributed by atoms with Crippen molar-refractivity contribution in [2.24, 2.45) is 7.05 Å². The van der Waals surface area contributed by atoms with Gasteiger partial charge < -0.3 is 8.98 Å². The van der Waals surface area contributed by atoms with Gasteiger partial charge in [-0.25, -0.2) is 8.42 Å². The number of carbonyl (C=O) groups is 1. The summed E-state index contributed by atoms with van der Waals surface area (Å²) in [5.41, 5.74) is 1.50. The molecule has 1 aromatic carbocycles. The van der Waals surface area contributed by atoms with Crippen molar-refractivity contribution in [3.05, 3.63) is 71.9 Å². The summed E-state index contributed by atoms with van der Waals surface area (Å²) in [6.07, 6.45) is 11.3. The second kappa shape index (κ2) is 9.07. The fourth-order valence-corrected chi connectivity index (χ4v) is 5.47. The molecule has 0 aliphatic carbocycles. The van der Waals surface area contributed by atoms with Gasteiger partial charge in [0, 0.05) is 37.6 Å². The zero-order valence-electron chi connectivity index (χ0n) is 17.9. The van der Waals surface area contributed by atoms with Crippen LogP contribution in [0.5, 0.6) is 0 Å². The molecule has 8 heteroatoms. The number of hydrogen-bond donors (Lipinski definition) is 0. The number of anilines is 1. The first-order chi connectivity index (χ1) is 15.4. The van der Waals surface area contributed by atoms with Crippen LogP contribution in [-0.4, -0.2) is 36.3 Å². The summed E-state index contributed by atoms with van der Waals surface area (Å²) in [7, 11) is -1.98. The van der Waals surface area contributed by atoms with Crippen LogP contribution < -0.4 is 4.90 Å². The zero-order valence-corrected chi connectivity index (χ0v) is 18.7. The number of terminal acetylenes is 1. The van der Waals surface area contributed by atoms with Crippen LogP contribution in [0.4, 0.5) is 5.69 Å². The highest BCUT2D eigenvalue weighted by Gasteiger charge is 2.30. The van der Waals surface area contributed by atoms with Gasteiger partial charge in [-0.2, -0.15) is 4.31 Å². The van der Waals surface area contributed by atoms with E-state index >= 15 is 0 Å². The van der Waals surface area contributed by atoms with E-state index in [0.717, 1.165) is 19.3 Å². The lowest BCUT2D eigenvalue weighted by Crippen LogP contribution is -2.35. The summed E-state index contributed by atoms with van der Waals surface area (Å²) in [5.74, 6) is 2.83. The number of carbonyl (C=O) groups excluding carboxylic acids is 1. The van der Waals surface area contributed by atoms with Gasteiger partial charge in [-0.05, 0) is 49.2 Å². The first kappa shape index (κ1) is 21.9. The highest BCUT2D eigenvalue weighted by Crippen LogP contribution is 2.26. The Bertz CT molecular complexity index is 1250. The highest BCUT2D eigenvalue weighted by atomic mass is 32.2. The molecule has 0 bridgehead atoms. The Labute approximate surface area is 188 Å². The van der Waals surface area contributed by atoms with E-state index in [-0.39, 0.29) is 23.0 Å². The Morgan fingerprint density at radius 1 is 1.16 bits per heavy atom. The summed E-state index contributed by atoms with van der Waals surface area (Å²) in [5, 5.41) is 0. The Morgan fingerprint density at radius 3 is 2.62 bits per heavy atom. The van der Waals surface area contributed by atoms with Gasteiger partial charge in [-0.1, -0.05) is 18.4 Å². The molecule has 166 valence electrons. The van der Waals surface area contributed by atoms with Crippen LogP contribution in [0.25, 0.3) is 0 Å². The molecule has 1 aliphatic rings. The molecular weight excluding hydrogens is 426 g/mol. The largest absolute Gasteiger partial charge is 0.467 e. The summed E-state index contributed by atoms with van der Waals surface area (Å²) in [4.78, 5) is 15.3. The summed E-state index contributed by atoms with van der Waals surface area (Å²) in [6, 6.07) is 12.1. The van der Waals surface area contributed by atoms with E-state index in [4.69, 9.17) is 10.8 Å². The Balaban J connectivity index is 1.70. The van der Waals surface area contributed by atoms with E-state index in [9.17, 15) is 13.2 Å². The van der Waals surface area contributed by atoms with Crippen LogP contribution in [0.3, 0.4) is 0 Å². The van der Waals surface area contributed by atoms with Gasteiger partial charge in [0.05, 0.1) is 12.8 Å². The molecule has 1 saturated heterocycles. The van der Waals surface area contributed by atoms with Gasteiger partial charge in [0.2, 0.25) is 10.0 Å². The molecule has 2 aromatic heterocycles. The third-order valence-electron chi connectivity index (χ3n) is 5.62.